The van der Waals surface area contributed by atoms with Gasteiger partial charge in [0.05, 0.1) is 22.8 Å². The van der Waals surface area contributed by atoms with E-state index >= 15 is 0 Å². The van der Waals surface area contributed by atoms with Gasteiger partial charge in [0.15, 0.2) is 5.82 Å². The molecule has 0 saturated heterocycles. The minimum absolute atomic E-state index is 0.194. The molecule has 0 radical (unpaired) electrons. The predicted molar refractivity (Wildman–Crippen MR) is 102 cm³/mol. The summed E-state index contributed by atoms with van der Waals surface area (Å²) in [5.41, 5.74) is 1.70. The Morgan fingerprint density at radius 1 is 1.28 bits per heavy atom. The molecule has 146 valence electrons. The van der Waals surface area contributed by atoms with E-state index in [2.05, 4.69) is 25.6 Å². The quantitative estimate of drug-likeness (QED) is 0.551. The molecule has 2 N–H and O–H groups in total. The number of pyridine rings is 1. The lowest BCUT2D eigenvalue weighted by Crippen LogP contribution is -2.13. The van der Waals surface area contributed by atoms with Crippen LogP contribution >= 0.6 is 0 Å². The Morgan fingerprint density at radius 2 is 2.10 bits per heavy atom. The first-order valence-corrected chi connectivity index (χ1v) is 9.16. The zero-order valence-electron chi connectivity index (χ0n) is 15.4. The van der Waals surface area contributed by atoms with E-state index in [1.165, 1.54) is 41.2 Å². The van der Waals surface area contributed by atoms with Crippen molar-refractivity contribution < 1.29 is 13.6 Å². The van der Waals surface area contributed by atoms with Gasteiger partial charge < -0.3 is 5.32 Å². The Bertz CT molecular complexity index is 1260. The van der Waals surface area contributed by atoms with Gasteiger partial charge in [0, 0.05) is 23.9 Å². The van der Waals surface area contributed by atoms with Gasteiger partial charge in [0.25, 0.3) is 5.91 Å². The molecule has 5 rings (SSSR count). The average Bonchev–Trinajstić information content (AvgIpc) is 3.27. The molecule has 0 spiro atoms. The second kappa shape index (κ2) is 6.47. The maximum atomic E-state index is 14.5. The van der Waals surface area contributed by atoms with Gasteiger partial charge in [-0.25, -0.2) is 18.3 Å². The Kier molecular flexibility index (Phi) is 3.90. The number of aryl methyl sites for hydroxylation is 1. The minimum atomic E-state index is -0.472. The third kappa shape index (κ3) is 3.14. The molecule has 0 atom stereocenters. The third-order valence-electron chi connectivity index (χ3n) is 5.00. The Morgan fingerprint density at radius 3 is 2.90 bits per heavy atom. The van der Waals surface area contributed by atoms with Crippen LogP contribution < -0.4 is 5.32 Å². The van der Waals surface area contributed by atoms with Crippen LogP contribution in [0.2, 0.25) is 0 Å². The van der Waals surface area contributed by atoms with Crippen LogP contribution in [0.25, 0.3) is 16.9 Å². The van der Waals surface area contributed by atoms with Crippen molar-refractivity contribution in [3.63, 3.8) is 0 Å². The fourth-order valence-corrected chi connectivity index (χ4v) is 3.23. The number of aromatic amines is 1. The Balaban J connectivity index is 1.48. The summed E-state index contributed by atoms with van der Waals surface area (Å²) in [6.45, 7) is 1.69. The number of rotatable bonds is 4. The first-order valence-electron chi connectivity index (χ1n) is 9.16. The van der Waals surface area contributed by atoms with Gasteiger partial charge in [-0.3, -0.25) is 9.89 Å². The predicted octanol–water partition coefficient (Wildman–Crippen LogP) is 3.84. The summed E-state index contributed by atoms with van der Waals surface area (Å²) in [5.74, 6) is -0.0555. The molecule has 0 bridgehead atoms. The lowest BCUT2D eigenvalue weighted by atomic mass is 10.1. The first-order chi connectivity index (χ1) is 14.0. The van der Waals surface area contributed by atoms with E-state index < -0.39 is 17.5 Å². The molecule has 1 amide bonds. The van der Waals surface area contributed by atoms with Crippen LogP contribution in [0, 0.1) is 18.6 Å². The summed E-state index contributed by atoms with van der Waals surface area (Å²) in [7, 11) is 0. The number of fused-ring (bicyclic) bond motifs is 1. The SMILES string of the molecule is Cc1cc(F)c(-c2n[nH]c(C3CC3)n2)cc1NC(=O)c1cnn2ccc(F)cc12. The lowest BCUT2D eigenvalue weighted by Gasteiger charge is -2.10. The van der Waals surface area contributed by atoms with Crippen molar-refractivity contribution in [1.82, 2.24) is 24.8 Å². The van der Waals surface area contributed by atoms with Crippen molar-refractivity contribution in [2.45, 2.75) is 25.7 Å². The fourth-order valence-electron chi connectivity index (χ4n) is 3.23. The molecule has 0 aliphatic heterocycles. The van der Waals surface area contributed by atoms with Crippen molar-refractivity contribution in [2.75, 3.05) is 5.32 Å². The number of carbonyl (C=O) groups excluding carboxylic acids is 1. The number of hydrogen-bond acceptors (Lipinski definition) is 4. The number of aromatic nitrogens is 5. The largest absolute Gasteiger partial charge is 0.322 e. The Hall–Kier alpha value is -3.62. The third-order valence-corrected chi connectivity index (χ3v) is 5.00. The summed E-state index contributed by atoms with van der Waals surface area (Å²) < 4.78 is 29.5. The first kappa shape index (κ1) is 17.5. The average molecular weight is 394 g/mol. The number of benzene rings is 1. The standard InChI is InChI=1S/C20H16F2N6O/c1-10-6-15(22)13(19-25-18(26-27-19)11-2-3-11)8-16(10)24-20(29)14-9-23-28-5-4-12(21)7-17(14)28/h4-9,11H,2-3H2,1H3,(H,24,29)(H,25,26,27). The molecule has 1 aliphatic carbocycles. The van der Waals surface area contributed by atoms with Crippen LogP contribution in [0.5, 0.6) is 0 Å². The molecule has 1 aromatic carbocycles. The van der Waals surface area contributed by atoms with E-state index in [1.807, 2.05) is 0 Å². The lowest BCUT2D eigenvalue weighted by molar-refractivity contribution is 0.102. The number of anilines is 1. The summed E-state index contributed by atoms with van der Waals surface area (Å²) in [4.78, 5) is 17.1. The number of carbonyl (C=O) groups is 1. The van der Waals surface area contributed by atoms with Crippen LogP contribution in [0.4, 0.5) is 14.5 Å². The molecule has 9 heteroatoms. The summed E-state index contributed by atoms with van der Waals surface area (Å²) in [5, 5.41) is 13.8. The van der Waals surface area contributed by atoms with E-state index in [4.69, 9.17) is 0 Å². The second-order valence-electron chi connectivity index (χ2n) is 7.15. The summed E-state index contributed by atoms with van der Waals surface area (Å²) in [6, 6.07) is 5.32. The number of nitrogens with one attached hydrogen (secondary N) is 2. The molecular formula is C20H16F2N6O. The van der Waals surface area contributed by atoms with Gasteiger partial charge in [-0.1, -0.05) is 0 Å². The van der Waals surface area contributed by atoms with Crippen molar-refractivity contribution >= 4 is 17.1 Å². The van der Waals surface area contributed by atoms with Crippen LogP contribution in [0.15, 0.2) is 36.7 Å². The van der Waals surface area contributed by atoms with E-state index in [9.17, 15) is 13.6 Å². The van der Waals surface area contributed by atoms with Gasteiger partial charge in [-0.15, -0.1) is 0 Å². The van der Waals surface area contributed by atoms with E-state index in [0.29, 0.717) is 22.7 Å². The van der Waals surface area contributed by atoms with Crippen LogP contribution in [0.1, 0.15) is 40.5 Å². The molecule has 0 unspecified atom stereocenters. The van der Waals surface area contributed by atoms with Crippen LogP contribution in [-0.4, -0.2) is 30.7 Å². The van der Waals surface area contributed by atoms with E-state index in [0.717, 1.165) is 18.7 Å². The highest BCUT2D eigenvalue weighted by Gasteiger charge is 2.28. The van der Waals surface area contributed by atoms with Crippen LogP contribution in [-0.2, 0) is 0 Å². The van der Waals surface area contributed by atoms with Crippen molar-refractivity contribution in [2.24, 2.45) is 0 Å². The molecule has 29 heavy (non-hydrogen) atoms. The topological polar surface area (TPSA) is 88.0 Å². The molecule has 1 aliphatic rings. The smallest absolute Gasteiger partial charge is 0.259 e. The molecule has 3 aromatic heterocycles. The van der Waals surface area contributed by atoms with Gasteiger partial charge in [-0.05, 0) is 43.5 Å². The number of nitrogens with zero attached hydrogens (tertiary/aromatic N) is 4. The van der Waals surface area contributed by atoms with E-state index in [1.54, 1.807) is 6.92 Å². The van der Waals surface area contributed by atoms with Gasteiger partial charge in [-0.2, -0.15) is 10.2 Å². The Labute approximate surface area is 163 Å². The molecule has 1 fully saturated rings. The maximum Gasteiger partial charge on any atom is 0.259 e. The van der Waals surface area contributed by atoms with Crippen LogP contribution in [0.3, 0.4) is 0 Å². The molecule has 1 saturated carbocycles. The van der Waals surface area contributed by atoms with Gasteiger partial charge in [0.1, 0.15) is 17.5 Å². The highest BCUT2D eigenvalue weighted by Crippen LogP contribution is 2.38. The van der Waals surface area contributed by atoms with E-state index in [-0.39, 0.29) is 17.0 Å². The number of H-pyrrole nitrogens is 1. The molecular weight excluding hydrogens is 378 g/mol. The molecule has 4 aromatic rings. The van der Waals surface area contributed by atoms with Crippen molar-refractivity contribution in [1.29, 1.82) is 0 Å². The maximum absolute atomic E-state index is 14.5. The second-order valence-corrected chi connectivity index (χ2v) is 7.15. The number of halogens is 2. The van der Waals surface area contributed by atoms with Crippen molar-refractivity contribution in [3.8, 4) is 11.4 Å². The zero-order valence-corrected chi connectivity index (χ0v) is 15.4. The number of amides is 1. The minimum Gasteiger partial charge on any atom is -0.322 e. The normalized spacial score (nSPS) is 13.8. The number of hydrogen-bond donors (Lipinski definition) is 2. The monoisotopic (exact) mass is 394 g/mol. The summed E-state index contributed by atoms with van der Waals surface area (Å²) in [6.07, 6.45) is 4.89. The highest BCUT2D eigenvalue weighted by atomic mass is 19.1. The van der Waals surface area contributed by atoms with Crippen molar-refractivity contribution in [3.05, 3.63) is 65.2 Å². The van der Waals surface area contributed by atoms with Gasteiger partial charge in [0.2, 0.25) is 0 Å². The van der Waals surface area contributed by atoms with Gasteiger partial charge >= 0.3 is 0 Å². The fraction of sp³-hybridized carbons (Fsp3) is 0.200. The molecule has 7 nitrogen and oxygen atoms in total. The highest BCUT2D eigenvalue weighted by molar-refractivity contribution is 6.09. The summed E-state index contributed by atoms with van der Waals surface area (Å²) >= 11 is 0. The molecule has 3 heterocycles. The zero-order chi connectivity index (χ0) is 20.1.